The average molecular weight is 375 g/mol. The number of hydrogen-bond acceptors (Lipinski definition) is 6. The normalized spacial score (nSPS) is 10.6. The molecule has 0 saturated heterocycles. The van der Waals surface area contributed by atoms with Gasteiger partial charge in [0.25, 0.3) is 5.91 Å². The number of anilines is 1. The first-order valence-electron chi connectivity index (χ1n) is 8.57. The van der Waals surface area contributed by atoms with Crippen LogP contribution in [0.1, 0.15) is 21.9 Å². The lowest BCUT2D eigenvalue weighted by Crippen LogP contribution is -2.10. The van der Waals surface area contributed by atoms with Crippen LogP contribution in [0.15, 0.2) is 65.5 Å². The molecule has 8 heteroatoms. The minimum Gasteiger partial charge on any atom is -0.459 e. The highest BCUT2D eigenvalue weighted by Gasteiger charge is 2.10. The molecule has 3 heterocycles. The van der Waals surface area contributed by atoms with Crippen molar-refractivity contribution >= 4 is 11.6 Å². The molecule has 0 radical (unpaired) electrons. The van der Waals surface area contributed by atoms with Crippen LogP contribution in [-0.4, -0.2) is 25.7 Å². The second-order valence-corrected chi connectivity index (χ2v) is 6.11. The summed E-state index contributed by atoms with van der Waals surface area (Å²) in [5.74, 6) is 1.53. The molecule has 0 aliphatic heterocycles. The zero-order valence-electron chi connectivity index (χ0n) is 15.3. The van der Waals surface area contributed by atoms with E-state index < -0.39 is 0 Å². The number of carbonyl (C=O) groups is 1. The molecule has 28 heavy (non-hydrogen) atoms. The SMILES string of the molecule is Cc1cc(C)n(-c2cc(Oc3ccc(NC(=O)c4ccco4)cc3)ncn2)n1. The molecule has 4 aromatic rings. The van der Waals surface area contributed by atoms with Gasteiger partial charge in [-0.15, -0.1) is 0 Å². The van der Waals surface area contributed by atoms with Gasteiger partial charge >= 0.3 is 0 Å². The quantitative estimate of drug-likeness (QED) is 0.568. The summed E-state index contributed by atoms with van der Waals surface area (Å²) >= 11 is 0. The van der Waals surface area contributed by atoms with Crippen LogP contribution in [0.4, 0.5) is 5.69 Å². The fraction of sp³-hybridized carbons (Fsp3) is 0.100. The second kappa shape index (κ2) is 7.36. The molecule has 3 aromatic heterocycles. The molecule has 1 N–H and O–H groups in total. The number of hydrogen-bond donors (Lipinski definition) is 1. The van der Waals surface area contributed by atoms with E-state index >= 15 is 0 Å². The molecule has 8 nitrogen and oxygen atoms in total. The molecule has 0 spiro atoms. The van der Waals surface area contributed by atoms with Gasteiger partial charge in [-0.1, -0.05) is 0 Å². The number of nitrogens with zero attached hydrogens (tertiary/aromatic N) is 4. The van der Waals surface area contributed by atoms with Gasteiger partial charge in [-0.25, -0.2) is 14.6 Å². The third-order valence-electron chi connectivity index (χ3n) is 3.93. The molecule has 0 aliphatic carbocycles. The summed E-state index contributed by atoms with van der Waals surface area (Å²) in [4.78, 5) is 20.4. The van der Waals surface area contributed by atoms with Gasteiger partial charge < -0.3 is 14.5 Å². The molecule has 0 fully saturated rings. The molecular formula is C20H17N5O3. The van der Waals surface area contributed by atoms with Gasteiger partial charge in [0.1, 0.15) is 12.1 Å². The number of aryl methyl sites for hydroxylation is 2. The summed E-state index contributed by atoms with van der Waals surface area (Å²) in [6.45, 7) is 3.88. The number of aromatic nitrogens is 4. The second-order valence-electron chi connectivity index (χ2n) is 6.11. The van der Waals surface area contributed by atoms with E-state index in [4.69, 9.17) is 9.15 Å². The van der Waals surface area contributed by atoms with Crippen LogP contribution < -0.4 is 10.1 Å². The molecule has 0 saturated carbocycles. The Morgan fingerprint density at radius 3 is 2.61 bits per heavy atom. The Balaban J connectivity index is 1.47. The number of benzene rings is 1. The third kappa shape index (κ3) is 3.75. The first-order valence-corrected chi connectivity index (χ1v) is 8.57. The fourth-order valence-corrected chi connectivity index (χ4v) is 2.69. The van der Waals surface area contributed by atoms with Crippen molar-refractivity contribution in [1.82, 2.24) is 19.7 Å². The standard InChI is InChI=1S/C20H17N5O3/c1-13-10-14(2)25(24-13)18-11-19(22-12-21-18)28-16-7-5-15(6-8-16)23-20(26)17-4-3-9-27-17/h3-12H,1-2H3,(H,23,26). The first-order chi connectivity index (χ1) is 13.6. The molecule has 1 aromatic carbocycles. The predicted octanol–water partition coefficient (Wildman–Crippen LogP) is 3.92. The van der Waals surface area contributed by atoms with E-state index in [-0.39, 0.29) is 11.7 Å². The molecule has 0 aliphatic rings. The average Bonchev–Trinajstić information content (AvgIpc) is 3.33. The fourth-order valence-electron chi connectivity index (χ4n) is 2.69. The van der Waals surface area contributed by atoms with Crippen molar-refractivity contribution in [3.05, 3.63) is 78.3 Å². The lowest BCUT2D eigenvalue weighted by molar-refractivity contribution is 0.0996. The monoisotopic (exact) mass is 375 g/mol. The highest BCUT2D eigenvalue weighted by Crippen LogP contribution is 2.23. The minimum atomic E-state index is -0.316. The van der Waals surface area contributed by atoms with Crippen molar-refractivity contribution in [1.29, 1.82) is 0 Å². The largest absolute Gasteiger partial charge is 0.459 e. The summed E-state index contributed by atoms with van der Waals surface area (Å²) < 4.78 is 12.6. The van der Waals surface area contributed by atoms with Gasteiger partial charge in [0.15, 0.2) is 11.6 Å². The first kappa shape index (κ1) is 17.5. The maximum Gasteiger partial charge on any atom is 0.291 e. The number of ether oxygens (including phenoxy) is 1. The highest BCUT2D eigenvalue weighted by atomic mass is 16.5. The van der Waals surface area contributed by atoms with Crippen molar-refractivity contribution in [2.45, 2.75) is 13.8 Å². The number of carbonyl (C=O) groups excluding carboxylic acids is 1. The molecule has 140 valence electrons. The van der Waals surface area contributed by atoms with Crippen LogP contribution in [0.25, 0.3) is 5.82 Å². The van der Waals surface area contributed by atoms with Gasteiger partial charge in [-0.2, -0.15) is 5.10 Å². The van der Waals surface area contributed by atoms with E-state index in [1.807, 2.05) is 19.9 Å². The van der Waals surface area contributed by atoms with Crippen LogP contribution in [0, 0.1) is 13.8 Å². The van der Waals surface area contributed by atoms with E-state index in [1.165, 1.54) is 12.6 Å². The Kier molecular flexibility index (Phi) is 4.59. The van der Waals surface area contributed by atoms with E-state index in [0.717, 1.165) is 11.4 Å². The number of furan rings is 1. The van der Waals surface area contributed by atoms with Gasteiger partial charge in [-0.3, -0.25) is 4.79 Å². The summed E-state index contributed by atoms with van der Waals surface area (Å²) in [7, 11) is 0. The van der Waals surface area contributed by atoms with Crippen LogP contribution in [0.5, 0.6) is 11.6 Å². The van der Waals surface area contributed by atoms with Gasteiger partial charge in [0.05, 0.1) is 12.0 Å². The maximum atomic E-state index is 12.0. The van der Waals surface area contributed by atoms with Crippen molar-refractivity contribution in [3.63, 3.8) is 0 Å². The summed E-state index contributed by atoms with van der Waals surface area (Å²) in [6.07, 6.45) is 2.88. The van der Waals surface area contributed by atoms with E-state index in [9.17, 15) is 4.79 Å². The van der Waals surface area contributed by atoms with E-state index in [1.54, 1.807) is 47.1 Å². The molecule has 0 bridgehead atoms. The van der Waals surface area contributed by atoms with Crippen molar-refractivity contribution in [2.75, 3.05) is 5.32 Å². The van der Waals surface area contributed by atoms with Crippen LogP contribution in [0.2, 0.25) is 0 Å². The number of amides is 1. The summed E-state index contributed by atoms with van der Waals surface area (Å²) in [5.41, 5.74) is 2.50. The maximum absolute atomic E-state index is 12.0. The van der Waals surface area contributed by atoms with Crippen molar-refractivity contribution < 1.29 is 13.9 Å². The lowest BCUT2D eigenvalue weighted by atomic mass is 10.3. The molecule has 0 unspecified atom stereocenters. The van der Waals surface area contributed by atoms with Gasteiger partial charge in [-0.05, 0) is 56.3 Å². The van der Waals surface area contributed by atoms with Crippen LogP contribution >= 0.6 is 0 Å². The molecule has 1 amide bonds. The van der Waals surface area contributed by atoms with Crippen LogP contribution in [0.3, 0.4) is 0 Å². The minimum absolute atomic E-state index is 0.248. The zero-order chi connectivity index (χ0) is 19.5. The third-order valence-corrected chi connectivity index (χ3v) is 3.93. The molecular weight excluding hydrogens is 358 g/mol. The van der Waals surface area contributed by atoms with E-state index in [2.05, 4.69) is 20.4 Å². The van der Waals surface area contributed by atoms with Crippen molar-refractivity contribution in [3.8, 4) is 17.4 Å². The Morgan fingerprint density at radius 2 is 1.93 bits per heavy atom. The Labute approximate surface area is 160 Å². The lowest BCUT2D eigenvalue weighted by Gasteiger charge is -2.08. The number of rotatable bonds is 5. The van der Waals surface area contributed by atoms with Crippen molar-refractivity contribution in [2.24, 2.45) is 0 Å². The smallest absolute Gasteiger partial charge is 0.291 e. The van der Waals surface area contributed by atoms with Crippen LogP contribution in [-0.2, 0) is 0 Å². The van der Waals surface area contributed by atoms with E-state index in [0.29, 0.717) is 23.1 Å². The predicted molar refractivity (Wildman–Crippen MR) is 102 cm³/mol. The highest BCUT2D eigenvalue weighted by molar-refractivity contribution is 6.02. The molecule has 0 atom stereocenters. The molecule has 4 rings (SSSR count). The summed E-state index contributed by atoms with van der Waals surface area (Å²) in [6, 6.07) is 13.9. The topological polar surface area (TPSA) is 95.1 Å². The Hall–Kier alpha value is -3.94. The Bertz CT molecular complexity index is 1100. The summed E-state index contributed by atoms with van der Waals surface area (Å²) in [5, 5.41) is 7.16. The zero-order valence-corrected chi connectivity index (χ0v) is 15.3. The van der Waals surface area contributed by atoms with Gasteiger partial charge in [0, 0.05) is 17.4 Å². The Morgan fingerprint density at radius 1 is 1.11 bits per heavy atom. The number of nitrogens with one attached hydrogen (secondary N) is 1. The van der Waals surface area contributed by atoms with Gasteiger partial charge in [0.2, 0.25) is 5.88 Å².